The molecule has 0 aliphatic carbocycles. The molecule has 0 fully saturated rings. The monoisotopic (exact) mass is 152 g/mol. The Morgan fingerprint density at radius 2 is 1.73 bits per heavy atom. The smallest absolute Gasteiger partial charge is 0.142 e. The van der Waals surface area contributed by atoms with E-state index in [1.807, 2.05) is 6.08 Å². The van der Waals surface area contributed by atoms with Gasteiger partial charge in [0.05, 0.1) is 6.26 Å². The molecule has 0 atom stereocenters. The number of aldehydes is 1. The number of hydrogen-bond donors (Lipinski definition) is 1. The molecule has 0 heterocycles. The first kappa shape index (κ1) is 9.69. The first-order valence-corrected chi connectivity index (χ1v) is 3.48. The summed E-state index contributed by atoms with van der Waals surface area (Å²) in [7, 11) is 0. The van der Waals surface area contributed by atoms with E-state index >= 15 is 0 Å². The predicted octanol–water partition coefficient (Wildman–Crippen LogP) is 2.15. The van der Waals surface area contributed by atoms with Crippen LogP contribution in [0.5, 0.6) is 0 Å². The second-order valence-corrected chi connectivity index (χ2v) is 1.91. The van der Waals surface area contributed by atoms with E-state index in [4.69, 9.17) is 5.11 Å². The van der Waals surface area contributed by atoms with Crippen LogP contribution in [-0.2, 0) is 4.79 Å². The van der Waals surface area contributed by atoms with E-state index < -0.39 is 0 Å². The normalized spacial score (nSPS) is 12.0. The molecule has 2 heteroatoms. The molecule has 0 aromatic heterocycles. The fraction of sp³-hybridized carbons (Fsp3) is 0.222. The van der Waals surface area contributed by atoms with Gasteiger partial charge in [0.1, 0.15) is 6.29 Å². The number of hydrogen-bond acceptors (Lipinski definition) is 2. The highest BCUT2D eigenvalue weighted by molar-refractivity contribution is 5.65. The molecule has 2 nitrogen and oxygen atoms in total. The number of carbonyl (C=O) groups excluding carboxylic acids is 1. The Morgan fingerprint density at radius 1 is 1.00 bits per heavy atom. The van der Waals surface area contributed by atoms with Crippen molar-refractivity contribution in [2.24, 2.45) is 0 Å². The first-order chi connectivity index (χ1) is 5.41. The number of allylic oxidation sites excluding steroid dienone is 5. The third-order valence-electron chi connectivity index (χ3n) is 1.04. The van der Waals surface area contributed by atoms with Crippen molar-refractivity contribution in [3.8, 4) is 0 Å². The van der Waals surface area contributed by atoms with Gasteiger partial charge in [-0.1, -0.05) is 18.2 Å². The minimum atomic E-state index is 0.734. The quantitative estimate of drug-likeness (QED) is 0.215. The zero-order valence-corrected chi connectivity index (χ0v) is 6.31. The van der Waals surface area contributed by atoms with Gasteiger partial charge < -0.3 is 5.11 Å². The topological polar surface area (TPSA) is 37.3 Å². The van der Waals surface area contributed by atoms with Gasteiger partial charge in [-0.15, -0.1) is 0 Å². The van der Waals surface area contributed by atoms with E-state index in [9.17, 15) is 4.79 Å². The van der Waals surface area contributed by atoms with E-state index in [0.717, 1.165) is 25.4 Å². The highest BCUT2D eigenvalue weighted by atomic mass is 16.2. The Morgan fingerprint density at radius 3 is 2.36 bits per heavy atom. The number of carbonyl (C=O) groups is 1. The minimum absolute atomic E-state index is 0.734. The van der Waals surface area contributed by atoms with Crippen LogP contribution in [0.4, 0.5) is 0 Å². The molecular weight excluding hydrogens is 140 g/mol. The summed E-state index contributed by atoms with van der Waals surface area (Å²) >= 11 is 0. The van der Waals surface area contributed by atoms with E-state index in [1.165, 1.54) is 6.08 Å². The fourth-order valence-corrected chi connectivity index (χ4v) is 0.551. The van der Waals surface area contributed by atoms with Gasteiger partial charge in [0.25, 0.3) is 0 Å². The third kappa shape index (κ3) is 8.69. The molecule has 1 N–H and O–H groups in total. The SMILES string of the molecule is O=C/C=C\C=CCC/C=C\O. The van der Waals surface area contributed by atoms with E-state index in [1.54, 1.807) is 18.2 Å². The Balaban J connectivity index is 3.29. The highest BCUT2D eigenvalue weighted by Gasteiger charge is 1.73. The molecule has 0 aromatic rings. The first-order valence-electron chi connectivity index (χ1n) is 3.48. The summed E-state index contributed by atoms with van der Waals surface area (Å²) in [6.45, 7) is 0. The minimum Gasteiger partial charge on any atom is -0.516 e. The molecular formula is C9H12O2. The zero-order chi connectivity index (χ0) is 8.36. The largest absolute Gasteiger partial charge is 0.516 e. The standard InChI is InChI=1S/C9H12O2/c10-8-6-4-2-1-3-5-7-9-11/h1-2,4,6-9,11H,3,5H2/b2-1?,6-4-,9-7-. The molecule has 0 unspecified atom stereocenters. The van der Waals surface area contributed by atoms with Crippen LogP contribution in [0.25, 0.3) is 0 Å². The second-order valence-electron chi connectivity index (χ2n) is 1.91. The van der Waals surface area contributed by atoms with Crippen LogP contribution in [0.1, 0.15) is 12.8 Å². The van der Waals surface area contributed by atoms with Crippen molar-refractivity contribution in [3.63, 3.8) is 0 Å². The van der Waals surface area contributed by atoms with Gasteiger partial charge in [-0.05, 0) is 25.0 Å². The van der Waals surface area contributed by atoms with Crippen LogP contribution >= 0.6 is 0 Å². The van der Waals surface area contributed by atoms with Crippen LogP contribution < -0.4 is 0 Å². The van der Waals surface area contributed by atoms with E-state index in [2.05, 4.69) is 0 Å². The van der Waals surface area contributed by atoms with Gasteiger partial charge in [0.2, 0.25) is 0 Å². The summed E-state index contributed by atoms with van der Waals surface area (Å²) in [5.74, 6) is 0. The van der Waals surface area contributed by atoms with Crippen molar-refractivity contribution >= 4 is 6.29 Å². The van der Waals surface area contributed by atoms with Crippen molar-refractivity contribution < 1.29 is 9.90 Å². The van der Waals surface area contributed by atoms with E-state index in [-0.39, 0.29) is 0 Å². The average molecular weight is 152 g/mol. The van der Waals surface area contributed by atoms with Crippen molar-refractivity contribution in [2.75, 3.05) is 0 Å². The van der Waals surface area contributed by atoms with Gasteiger partial charge >= 0.3 is 0 Å². The van der Waals surface area contributed by atoms with Gasteiger partial charge in [-0.25, -0.2) is 0 Å². The molecule has 0 amide bonds. The molecule has 0 aromatic carbocycles. The van der Waals surface area contributed by atoms with Crippen molar-refractivity contribution in [3.05, 3.63) is 36.6 Å². The zero-order valence-electron chi connectivity index (χ0n) is 6.31. The molecule has 60 valence electrons. The van der Waals surface area contributed by atoms with Crippen molar-refractivity contribution in [1.82, 2.24) is 0 Å². The van der Waals surface area contributed by atoms with Crippen molar-refractivity contribution in [2.45, 2.75) is 12.8 Å². The maximum absolute atomic E-state index is 9.78. The molecule has 0 saturated heterocycles. The maximum atomic E-state index is 9.78. The van der Waals surface area contributed by atoms with Gasteiger partial charge in [0, 0.05) is 0 Å². The number of unbranched alkanes of at least 4 members (excludes halogenated alkanes) is 1. The lowest BCUT2D eigenvalue weighted by Crippen LogP contribution is -1.63. The lowest BCUT2D eigenvalue weighted by Gasteiger charge is -1.81. The number of rotatable bonds is 5. The number of aliphatic hydroxyl groups excluding tert-OH is 1. The molecule has 0 aliphatic heterocycles. The molecule has 0 radical (unpaired) electrons. The molecule has 0 saturated carbocycles. The number of aliphatic hydroxyl groups is 1. The fourth-order valence-electron chi connectivity index (χ4n) is 0.551. The summed E-state index contributed by atoms with van der Waals surface area (Å²) in [5.41, 5.74) is 0. The molecule has 0 bridgehead atoms. The third-order valence-corrected chi connectivity index (χ3v) is 1.04. The predicted molar refractivity (Wildman–Crippen MR) is 45.3 cm³/mol. The van der Waals surface area contributed by atoms with Crippen LogP contribution in [0.3, 0.4) is 0 Å². The average Bonchev–Trinajstić information content (AvgIpc) is 2.03. The Kier molecular flexibility index (Phi) is 7.66. The van der Waals surface area contributed by atoms with Gasteiger partial charge in [0.15, 0.2) is 0 Å². The van der Waals surface area contributed by atoms with Crippen LogP contribution in [-0.4, -0.2) is 11.4 Å². The second kappa shape index (κ2) is 8.69. The summed E-state index contributed by atoms with van der Waals surface area (Å²) in [6, 6.07) is 0. The molecule has 0 aliphatic rings. The van der Waals surface area contributed by atoms with Crippen molar-refractivity contribution in [1.29, 1.82) is 0 Å². The van der Waals surface area contributed by atoms with E-state index in [0.29, 0.717) is 0 Å². The Bertz CT molecular complexity index is 166. The summed E-state index contributed by atoms with van der Waals surface area (Å²) < 4.78 is 0. The van der Waals surface area contributed by atoms with Crippen LogP contribution in [0.15, 0.2) is 36.6 Å². The summed E-state index contributed by atoms with van der Waals surface area (Å²) in [6.07, 6.45) is 12.0. The van der Waals surface area contributed by atoms with Gasteiger partial charge in [-0.3, -0.25) is 4.79 Å². The molecule has 0 rings (SSSR count). The van der Waals surface area contributed by atoms with Gasteiger partial charge in [-0.2, -0.15) is 0 Å². The Labute approximate surface area is 66.5 Å². The highest BCUT2D eigenvalue weighted by Crippen LogP contribution is 1.91. The maximum Gasteiger partial charge on any atom is 0.142 e. The van der Waals surface area contributed by atoms with Crippen LogP contribution in [0, 0.1) is 0 Å². The summed E-state index contributed by atoms with van der Waals surface area (Å²) in [5, 5.41) is 8.24. The van der Waals surface area contributed by atoms with Crippen LogP contribution in [0.2, 0.25) is 0 Å². The lowest BCUT2D eigenvalue weighted by atomic mass is 10.3. The molecule has 0 spiro atoms. The Hall–Kier alpha value is -1.31. The lowest BCUT2D eigenvalue weighted by molar-refractivity contribution is -0.104. The molecule has 11 heavy (non-hydrogen) atoms. The summed E-state index contributed by atoms with van der Waals surface area (Å²) in [4.78, 5) is 9.78.